The Morgan fingerprint density at radius 3 is 2.22 bits per heavy atom. The summed E-state index contributed by atoms with van der Waals surface area (Å²) in [6.07, 6.45) is -0.199. The molecule has 2 unspecified atom stereocenters. The van der Waals surface area contributed by atoms with Crippen LogP contribution in [0.1, 0.15) is 25.0 Å². The number of aliphatic hydroxyl groups is 1. The second-order valence-corrected chi connectivity index (χ2v) is 5.74. The summed E-state index contributed by atoms with van der Waals surface area (Å²) in [4.78, 5) is 33.4. The highest BCUT2D eigenvalue weighted by molar-refractivity contribution is 5.97. The Bertz CT molecular complexity index is 717. The van der Waals surface area contributed by atoms with E-state index < -0.39 is 24.0 Å². The molecule has 1 rings (SSSR count). The maximum Gasteiger partial charge on any atom is 0.335 e. The molecule has 0 saturated carbocycles. The first-order chi connectivity index (χ1) is 12.7. The first-order valence-corrected chi connectivity index (χ1v) is 8.16. The van der Waals surface area contributed by atoms with Crippen LogP contribution in [0.3, 0.4) is 0 Å². The van der Waals surface area contributed by atoms with Gasteiger partial charge in [-0.15, -0.1) is 0 Å². The van der Waals surface area contributed by atoms with E-state index in [1.54, 1.807) is 0 Å². The number of hydrogen-bond acceptors (Lipinski definition) is 7. The number of esters is 2. The fraction of sp³-hybridized carbons (Fsp3) is 0.400. The standard InChI is InChI=1S/C14H15NO3.C6H10O3/c1-10(16)13(14(17)18-2)9-12-5-3-4-11(8-12)6-7-15;1-4(5(2)7)6(8)9-3/h3-5,8,13H,6,9H2,1-2H3;5,7H,1H2,2-3H3. The summed E-state index contributed by atoms with van der Waals surface area (Å²) in [5.41, 5.74) is 1.81. The number of nitrogens with zero attached hydrogens (tertiary/aromatic N) is 1. The van der Waals surface area contributed by atoms with Gasteiger partial charge in [-0.25, -0.2) is 4.79 Å². The molecule has 0 bridgehead atoms. The lowest BCUT2D eigenvalue weighted by atomic mass is 9.95. The smallest absolute Gasteiger partial charge is 0.335 e. The number of ketones is 1. The van der Waals surface area contributed by atoms with Crippen LogP contribution in [0.5, 0.6) is 0 Å². The van der Waals surface area contributed by atoms with E-state index in [9.17, 15) is 14.4 Å². The molecular weight excluding hydrogens is 350 g/mol. The molecule has 1 aromatic rings. The van der Waals surface area contributed by atoms with Gasteiger partial charge in [0.15, 0.2) is 0 Å². The molecule has 146 valence electrons. The van der Waals surface area contributed by atoms with Crippen molar-refractivity contribution in [1.29, 1.82) is 5.26 Å². The average Bonchev–Trinajstić information content (AvgIpc) is 2.65. The molecule has 7 heteroatoms. The van der Waals surface area contributed by atoms with Crippen molar-refractivity contribution in [2.45, 2.75) is 32.8 Å². The van der Waals surface area contributed by atoms with Crippen LogP contribution >= 0.6 is 0 Å². The molecule has 0 fully saturated rings. The van der Waals surface area contributed by atoms with Crippen molar-refractivity contribution in [3.8, 4) is 6.07 Å². The number of hydrogen-bond donors (Lipinski definition) is 1. The van der Waals surface area contributed by atoms with Gasteiger partial charge in [0, 0.05) is 0 Å². The zero-order valence-corrected chi connectivity index (χ0v) is 16.0. The van der Waals surface area contributed by atoms with E-state index in [4.69, 9.17) is 10.4 Å². The lowest BCUT2D eigenvalue weighted by molar-refractivity contribution is -0.148. The number of Topliss-reactive ketones (excluding diaryl/α,β-unsaturated/α-hetero) is 1. The molecule has 0 spiro atoms. The molecule has 0 aliphatic rings. The predicted octanol–water partition coefficient (Wildman–Crippen LogP) is 1.77. The molecule has 27 heavy (non-hydrogen) atoms. The topological polar surface area (TPSA) is 114 Å². The van der Waals surface area contributed by atoms with E-state index in [1.165, 1.54) is 28.1 Å². The Morgan fingerprint density at radius 2 is 1.81 bits per heavy atom. The summed E-state index contributed by atoms with van der Waals surface area (Å²) in [5.74, 6) is -2.07. The van der Waals surface area contributed by atoms with Gasteiger partial charge in [0.05, 0.1) is 38.4 Å². The van der Waals surface area contributed by atoms with Crippen molar-refractivity contribution in [3.63, 3.8) is 0 Å². The van der Waals surface area contributed by atoms with Gasteiger partial charge in [0.2, 0.25) is 0 Å². The van der Waals surface area contributed by atoms with Crippen LogP contribution in [-0.2, 0) is 36.7 Å². The van der Waals surface area contributed by atoms with Gasteiger partial charge < -0.3 is 14.6 Å². The summed E-state index contributed by atoms with van der Waals surface area (Å²) >= 11 is 0. The van der Waals surface area contributed by atoms with Gasteiger partial charge in [-0.1, -0.05) is 30.8 Å². The molecule has 0 radical (unpaired) electrons. The van der Waals surface area contributed by atoms with Crippen LogP contribution in [0.2, 0.25) is 0 Å². The third-order valence-electron chi connectivity index (χ3n) is 3.64. The lowest BCUT2D eigenvalue weighted by Gasteiger charge is -2.11. The zero-order valence-electron chi connectivity index (χ0n) is 16.0. The predicted molar refractivity (Wildman–Crippen MR) is 98.5 cm³/mol. The number of ether oxygens (including phenoxy) is 2. The summed E-state index contributed by atoms with van der Waals surface area (Å²) in [5, 5.41) is 17.4. The van der Waals surface area contributed by atoms with Crippen molar-refractivity contribution in [3.05, 3.63) is 47.5 Å². The second-order valence-electron chi connectivity index (χ2n) is 5.74. The number of carbonyl (C=O) groups excluding carboxylic acids is 3. The number of benzene rings is 1. The van der Waals surface area contributed by atoms with Crippen LogP contribution in [0.4, 0.5) is 0 Å². The second kappa shape index (κ2) is 12.4. The minimum atomic E-state index is -0.822. The summed E-state index contributed by atoms with van der Waals surface area (Å²) in [6, 6.07) is 9.39. The first kappa shape index (κ1) is 24.0. The van der Waals surface area contributed by atoms with Crippen LogP contribution in [0.25, 0.3) is 0 Å². The van der Waals surface area contributed by atoms with Gasteiger partial charge in [0.1, 0.15) is 11.7 Å². The Kier molecular flexibility index (Phi) is 11.0. The number of methoxy groups -OCH3 is 2. The molecular formula is C20H25NO6. The molecule has 0 aromatic heterocycles. The van der Waals surface area contributed by atoms with E-state index in [0.717, 1.165) is 11.1 Å². The van der Waals surface area contributed by atoms with E-state index in [1.807, 2.05) is 24.3 Å². The van der Waals surface area contributed by atoms with Gasteiger partial charge >= 0.3 is 11.9 Å². The normalized spacial score (nSPS) is 11.7. The van der Waals surface area contributed by atoms with Gasteiger partial charge in [-0.2, -0.15) is 5.26 Å². The molecule has 2 atom stereocenters. The summed E-state index contributed by atoms with van der Waals surface area (Å²) in [7, 11) is 2.51. The maximum absolute atomic E-state index is 11.5. The summed E-state index contributed by atoms with van der Waals surface area (Å²) < 4.78 is 8.89. The van der Waals surface area contributed by atoms with Gasteiger partial charge in [-0.3, -0.25) is 9.59 Å². The number of nitriles is 1. The highest BCUT2D eigenvalue weighted by Crippen LogP contribution is 2.14. The lowest BCUT2D eigenvalue weighted by Crippen LogP contribution is -2.25. The molecule has 1 N–H and O–H groups in total. The van der Waals surface area contributed by atoms with Crippen LogP contribution in [-0.4, -0.2) is 43.2 Å². The SMILES string of the molecule is C=C(C(=O)OC)C(C)O.COC(=O)C(Cc1cccc(CC#N)c1)C(C)=O. The highest BCUT2D eigenvalue weighted by atomic mass is 16.5. The Balaban J connectivity index is 0.000000636. The molecule has 0 amide bonds. The number of rotatable bonds is 7. The van der Waals surface area contributed by atoms with Crippen molar-refractivity contribution >= 4 is 17.7 Å². The largest absolute Gasteiger partial charge is 0.468 e. The number of carbonyl (C=O) groups is 3. The van der Waals surface area contributed by atoms with Crippen LogP contribution in [0.15, 0.2) is 36.4 Å². The van der Waals surface area contributed by atoms with Crippen molar-refractivity contribution < 1.29 is 29.0 Å². The van der Waals surface area contributed by atoms with Gasteiger partial charge in [0.25, 0.3) is 0 Å². The number of aliphatic hydroxyl groups excluding tert-OH is 1. The van der Waals surface area contributed by atoms with Crippen molar-refractivity contribution in [1.82, 2.24) is 0 Å². The van der Waals surface area contributed by atoms with Crippen LogP contribution < -0.4 is 0 Å². The van der Waals surface area contributed by atoms with E-state index in [0.29, 0.717) is 12.8 Å². The Hall–Kier alpha value is -2.98. The molecule has 0 saturated heterocycles. The summed E-state index contributed by atoms with van der Waals surface area (Å²) in [6.45, 7) is 6.13. The third kappa shape index (κ3) is 8.79. The Morgan fingerprint density at radius 1 is 1.22 bits per heavy atom. The monoisotopic (exact) mass is 375 g/mol. The van der Waals surface area contributed by atoms with Crippen molar-refractivity contribution in [2.75, 3.05) is 14.2 Å². The molecule has 0 aliphatic heterocycles. The molecule has 7 nitrogen and oxygen atoms in total. The maximum atomic E-state index is 11.5. The highest BCUT2D eigenvalue weighted by Gasteiger charge is 2.24. The molecule has 0 aliphatic carbocycles. The van der Waals surface area contributed by atoms with Crippen LogP contribution in [0, 0.1) is 17.2 Å². The van der Waals surface area contributed by atoms with E-state index >= 15 is 0 Å². The third-order valence-corrected chi connectivity index (χ3v) is 3.64. The van der Waals surface area contributed by atoms with Gasteiger partial charge in [-0.05, 0) is 31.4 Å². The minimum Gasteiger partial charge on any atom is -0.468 e. The van der Waals surface area contributed by atoms with E-state index in [-0.39, 0.29) is 11.4 Å². The first-order valence-electron chi connectivity index (χ1n) is 8.16. The zero-order chi connectivity index (χ0) is 21.0. The van der Waals surface area contributed by atoms with Crippen molar-refractivity contribution in [2.24, 2.45) is 5.92 Å². The fourth-order valence-electron chi connectivity index (χ4n) is 2.03. The van der Waals surface area contributed by atoms with E-state index in [2.05, 4.69) is 22.1 Å². The average molecular weight is 375 g/mol. The Labute approximate surface area is 159 Å². The fourth-order valence-corrected chi connectivity index (χ4v) is 2.03. The molecule has 0 heterocycles. The minimum absolute atomic E-state index is 0.0810. The quantitative estimate of drug-likeness (QED) is 0.439. The molecule has 1 aromatic carbocycles.